The Bertz CT molecular complexity index is 4070. The zero-order valence-electron chi connectivity index (χ0n) is 36.6. The molecule has 0 spiro atoms. The Kier molecular flexibility index (Phi) is 7.94. The third-order valence-electron chi connectivity index (χ3n) is 14.5. The molecule has 0 fully saturated rings. The smallest absolute Gasteiger partial charge is 0.0547 e. The van der Waals surface area contributed by atoms with Crippen molar-refractivity contribution in [3.63, 3.8) is 0 Å². The standard InChI is InChI=1S/C63H42N2S/c1-63(2)54-38-45(27-30-47(54)52-31-32-60-61(62(52)63)53-21-11-14-24-59(53)66-60)64-55-22-12-9-19-48(55)50-28-25-41(36-57(50)64)42-26-29-51-49-20-10-13-23-56(49)65(58(51)37-42)46-34-43(39-15-5-3-6-16-39)33-44(35-46)40-17-7-4-8-18-40/h3-38H,1-2H3. The molecule has 0 radical (unpaired) electrons. The third-order valence-corrected chi connectivity index (χ3v) is 15.6. The van der Waals surface area contributed by atoms with Crippen molar-refractivity contribution in [1.82, 2.24) is 9.13 Å². The number of aromatic nitrogens is 2. The Balaban J connectivity index is 0.951. The van der Waals surface area contributed by atoms with Gasteiger partial charge in [0.25, 0.3) is 0 Å². The Morgan fingerprint density at radius 2 is 0.848 bits per heavy atom. The molecule has 3 aromatic heterocycles. The summed E-state index contributed by atoms with van der Waals surface area (Å²) in [5, 5.41) is 7.78. The highest BCUT2D eigenvalue weighted by Crippen LogP contribution is 2.54. The van der Waals surface area contributed by atoms with Crippen LogP contribution in [-0.4, -0.2) is 9.13 Å². The molecule has 0 unspecified atom stereocenters. The molecule has 0 aliphatic heterocycles. The maximum atomic E-state index is 2.50. The van der Waals surface area contributed by atoms with Gasteiger partial charge in [-0.15, -0.1) is 11.3 Å². The Hall–Kier alpha value is -7.98. The summed E-state index contributed by atoms with van der Waals surface area (Å²) in [6, 6.07) is 81.2. The van der Waals surface area contributed by atoms with Gasteiger partial charge in [-0.2, -0.15) is 0 Å². The molecule has 10 aromatic carbocycles. The predicted octanol–water partition coefficient (Wildman–Crippen LogP) is 17.6. The van der Waals surface area contributed by atoms with Gasteiger partial charge in [-0.3, -0.25) is 0 Å². The summed E-state index contributed by atoms with van der Waals surface area (Å²) in [6.07, 6.45) is 0. The van der Waals surface area contributed by atoms with Crippen LogP contribution in [0.25, 0.3) is 120 Å². The van der Waals surface area contributed by atoms with Crippen LogP contribution in [0.4, 0.5) is 0 Å². The minimum atomic E-state index is -0.176. The highest BCUT2D eigenvalue weighted by Gasteiger charge is 2.38. The lowest BCUT2D eigenvalue weighted by atomic mass is 9.80. The summed E-state index contributed by atoms with van der Waals surface area (Å²) < 4.78 is 7.69. The molecule has 1 aliphatic carbocycles. The van der Waals surface area contributed by atoms with Crippen molar-refractivity contribution < 1.29 is 0 Å². The molecule has 3 heteroatoms. The monoisotopic (exact) mass is 858 g/mol. The first-order chi connectivity index (χ1) is 32.5. The molecule has 0 saturated heterocycles. The van der Waals surface area contributed by atoms with E-state index in [0.717, 1.165) is 5.69 Å². The highest BCUT2D eigenvalue weighted by molar-refractivity contribution is 7.25. The summed E-state index contributed by atoms with van der Waals surface area (Å²) in [7, 11) is 0. The largest absolute Gasteiger partial charge is 0.309 e. The van der Waals surface area contributed by atoms with E-state index in [9.17, 15) is 0 Å². The zero-order valence-corrected chi connectivity index (χ0v) is 37.4. The van der Waals surface area contributed by atoms with Crippen LogP contribution in [0, 0.1) is 0 Å². The van der Waals surface area contributed by atoms with Crippen LogP contribution in [0.1, 0.15) is 25.0 Å². The maximum Gasteiger partial charge on any atom is 0.0547 e. The second-order valence-corrected chi connectivity index (χ2v) is 19.6. The molecule has 13 aromatic rings. The number of thiophene rings is 1. The van der Waals surface area contributed by atoms with Gasteiger partial charge in [0, 0.05) is 58.5 Å². The minimum Gasteiger partial charge on any atom is -0.309 e. The molecule has 0 saturated carbocycles. The summed E-state index contributed by atoms with van der Waals surface area (Å²) in [5.74, 6) is 0. The average molecular weight is 859 g/mol. The molecular formula is C63H42N2S. The first kappa shape index (κ1) is 37.4. The molecule has 0 N–H and O–H groups in total. The van der Waals surface area contributed by atoms with E-state index in [1.54, 1.807) is 0 Å². The van der Waals surface area contributed by atoms with Crippen LogP contribution in [-0.2, 0) is 5.41 Å². The van der Waals surface area contributed by atoms with Gasteiger partial charge in [-0.25, -0.2) is 0 Å². The summed E-state index contributed by atoms with van der Waals surface area (Å²) in [4.78, 5) is 0. The van der Waals surface area contributed by atoms with Gasteiger partial charge >= 0.3 is 0 Å². The molecule has 0 atom stereocenters. The molecule has 66 heavy (non-hydrogen) atoms. The number of hydrogen-bond acceptors (Lipinski definition) is 1. The van der Waals surface area contributed by atoms with Crippen molar-refractivity contribution in [2.75, 3.05) is 0 Å². The van der Waals surface area contributed by atoms with Crippen LogP contribution in [0.15, 0.2) is 218 Å². The van der Waals surface area contributed by atoms with Crippen LogP contribution in [0.3, 0.4) is 0 Å². The van der Waals surface area contributed by atoms with E-state index in [1.165, 1.54) is 125 Å². The van der Waals surface area contributed by atoms with Crippen molar-refractivity contribution >= 4 is 75.1 Å². The Morgan fingerprint density at radius 1 is 0.333 bits per heavy atom. The van der Waals surface area contributed by atoms with Crippen LogP contribution in [0.2, 0.25) is 0 Å². The van der Waals surface area contributed by atoms with Crippen LogP contribution < -0.4 is 0 Å². The van der Waals surface area contributed by atoms with Crippen molar-refractivity contribution in [2.45, 2.75) is 19.3 Å². The number of fused-ring (bicyclic) bond motifs is 13. The number of hydrogen-bond donors (Lipinski definition) is 0. The Labute approximate surface area is 386 Å². The van der Waals surface area contributed by atoms with E-state index in [4.69, 9.17) is 0 Å². The number of benzene rings is 10. The van der Waals surface area contributed by atoms with E-state index in [-0.39, 0.29) is 5.41 Å². The zero-order chi connectivity index (χ0) is 43.7. The first-order valence-corrected chi connectivity index (χ1v) is 23.7. The second kappa shape index (κ2) is 14.0. The van der Waals surface area contributed by atoms with E-state index < -0.39 is 0 Å². The van der Waals surface area contributed by atoms with E-state index in [1.807, 2.05) is 11.3 Å². The lowest BCUT2D eigenvalue weighted by Crippen LogP contribution is -2.15. The molecule has 310 valence electrons. The maximum absolute atomic E-state index is 2.50. The molecule has 3 heterocycles. The normalized spacial score (nSPS) is 13.1. The lowest BCUT2D eigenvalue weighted by molar-refractivity contribution is 0.666. The van der Waals surface area contributed by atoms with E-state index in [2.05, 4.69) is 241 Å². The third kappa shape index (κ3) is 5.41. The second-order valence-electron chi connectivity index (χ2n) is 18.5. The van der Waals surface area contributed by atoms with Gasteiger partial charge in [0.15, 0.2) is 0 Å². The van der Waals surface area contributed by atoms with E-state index >= 15 is 0 Å². The van der Waals surface area contributed by atoms with Crippen molar-refractivity contribution in [1.29, 1.82) is 0 Å². The quantitative estimate of drug-likeness (QED) is 0.163. The molecule has 0 amide bonds. The number of rotatable bonds is 5. The summed E-state index contributed by atoms with van der Waals surface area (Å²) in [6.45, 7) is 4.85. The molecule has 14 rings (SSSR count). The molecule has 1 aliphatic rings. The minimum absolute atomic E-state index is 0.176. The number of nitrogens with zero attached hydrogens (tertiary/aromatic N) is 2. The van der Waals surface area contributed by atoms with Gasteiger partial charge in [0.2, 0.25) is 0 Å². The molecule has 0 bridgehead atoms. The fourth-order valence-corrected chi connectivity index (χ4v) is 12.6. The highest BCUT2D eigenvalue weighted by atomic mass is 32.1. The van der Waals surface area contributed by atoms with Gasteiger partial charge in [-0.1, -0.05) is 166 Å². The summed E-state index contributed by atoms with van der Waals surface area (Å²) >= 11 is 1.91. The SMILES string of the molecule is CC1(C)c2cc(-n3c4ccccc4c4ccc(-c5ccc6c7ccccc7n(-c7cc(-c8ccccc8)cc(-c8ccccc8)c7)c6c5)cc43)ccc2-c2ccc3sc4ccccc4c3c21. The molecular weight excluding hydrogens is 817 g/mol. The topological polar surface area (TPSA) is 9.86 Å². The van der Waals surface area contributed by atoms with E-state index in [0.29, 0.717) is 0 Å². The first-order valence-electron chi connectivity index (χ1n) is 22.9. The predicted molar refractivity (Wildman–Crippen MR) is 282 cm³/mol. The van der Waals surface area contributed by atoms with Gasteiger partial charge in [0.05, 0.1) is 22.1 Å². The summed E-state index contributed by atoms with van der Waals surface area (Å²) in [5.41, 5.74) is 19.6. The Morgan fingerprint density at radius 3 is 1.47 bits per heavy atom. The van der Waals surface area contributed by atoms with Crippen molar-refractivity contribution in [3.05, 3.63) is 230 Å². The van der Waals surface area contributed by atoms with Crippen molar-refractivity contribution in [3.8, 4) is 55.9 Å². The van der Waals surface area contributed by atoms with Gasteiger partial charge in [-0.05, 0) is 122 Å². The van der Waals surface area contributed by atoms with Crippen molar-refractivity contribution in [2.24, 2.45) is 0 Å². The van der Waals surface area contributed by atoms with Crippen LogP contribution in [0.5, 0.6) is 0 Å². The average Bonchev–Trinajstić information content (AvgIpc) is 4.08. The number of para-hydroxylation sites is 2. The molecule has 2 nitrogen and oxygen atoms in total. The fourth-order valence-electron chi connectivity index (χ4n) is 11.4. The van der Waals surface area contributed by atoms with Gasteiger partial charge < -0.3 is 9.13 Å². The van der Waals surface area contributed by atoms with Gasteiger partial charge in [0.1, 0.15) is 0 Å². The fraction of sp³-hybridized carbons (Fsp3) is 0.0476. The van der Waals surface area contributed by atoms with Crippen LogP contribution >= 0.6 is 11.3 Å². The lowest BCUT2D eigenvalue weighted by Gasteiger charge is -2.23.